The molecule has 0 saturated heterocycles. The van der Waals surface area contributed by atoms with E-state index in [2.05, 4.69) is 168 Å². The highest BCUT2D eigenvalue weighted by molar-refractivity contribution is 6.32. The van der Waals surface area contributed by atoms with Crippen LogP contribution in [0.3, 0.4) is 0 Å². The second kappa shape index (κ2) is 9.39. The SMILES string of the molecule is CN(c1ccccc1)c1ccc2c3c4ccccc4c4ccccc4c3n(-c3ccc(-c4ccccc4)cc3)c2c1. The molecule has 7 aromatic carbocycles. The fourth-order valence-electron chi connectivity index (χ4n) is 6.38. The van der Waals surface area contributed by atoms with Crippen molar-refractivity contribution >= 4 is 54.7 Å². The lowest BCUT2D eigenvalue weighted by molar-refractivity contribution is 1.17. The lowest BCUT2D eigenvalue weighted by Gasteiger charge is -2.20. The van der Waals surface area contributed by atoms with Crippen molar-refractivity contribution in [1.82, 2.24) is 4.57 Å². The summed E-state index contributed by atoms with van der Waals surface area (Å²) >= 11 is 0. The monoisotopic (exact) mass is 524 g/mol. The maximum absolute atomic E-state index is 2.47. The quantitative estimate of drug-likeness (QED) is 0.208. The molecule has 0 aliphatic rings. The van der Waals surface area contributed by atoms with Crippen LogP contribution in [0.4, 0.5) is 11.4 Å². The van der Waals surface area contributed by atoms with Crippen LogP contribution in [-0.4, -0.2) is 11.6 Å². The Bertz CT molecular complexity index is 2190. The predicted octanol–water partition coefficient (Wildman–Crippen LogP) is 10.5. The van der Waals surface area contributed by atoms with Crippen LogP contribution in [0.25, 0.3) is 60.2 Å². The summed E-state index contributed by atoms with van der Waals surface area (Å²) in [7, 11) is 2.14. The Labute approximate surface area is 239 Å². The Morgan fingerprint density at radius 2 is 1.00 bits per heavy atom. The predicted molar refractivity (Wildman–Crippen MR) is 176 cm³/mol. The van der Waals surface area contributed by atoms with Crippen molar-refractivity contribution in [3.63, 3.8) is 0 Å². The van der Waals surface area contributed by atoms with Gasteiger partial charge in [-0.1, -0.05) is 115 Å². The van der Waals surface area contributed by atoms with Crippen LogP contribution in [0.5, 0.6) is 0 Å². The van der Waals surface area contributed by atoms with Gasteiger partial charge in [-0.15, -0.1) is 0 Å². The molecule has 8 aromatic rings. The van der Waals surface area contributed by atoms with Crippen LogP contribution in [0.15, 0.2) is 152 Å². The molecule has 0 aliphatic carbocycles. The van der Waals surface area contributed by atoms with E-state index in [0.717, 1.165) is 17.1 Å². The van der Waals surface area contributed by atoms with Crippen molar-refractivity contribution in [3.8, 4) is 16.8 Å². The number of fused-ring (bicyclic) bond motifs is 8. The van der Waals surface area contributed by atoms with Crippen molar-refractivity contribution in [1.29, 1.82) is 0 Å². The fraction of sp³-hybridized carbons (Fsp3) is 0.0256. The zero-order valence-electron chi connectivity index (χ0n) is 22.8. The van der Waals surface area contributed by atoms with Gasteiger partial charge in [-0.3, -0.25) is 0 Å². The summed E-state index contributed by atoms with van der Waals surface area (Å²) in [5.41, 5.74) is 8.37. The van der Waals surface area contributed by atoms with Crippen molar-refractivity contribution in [2.75, 3.05) is 11.9 Å². The number of para-hydroxylation sites is 1. The molecule has 194 valence electrons. The topological polar surface area (TPSA) is 8.17 Å². The van der Waals surface area contributed by atoms with E-state index in [0.29, 0.717) is 0 Å². The zero-order chi connectivity index (χ0) is 27.3. The highest BCUT2D eigenvalue weighted by atomic mass is 15.1. The first-order valence-corrected chi connectivity index (χ1v) is 14.1. The van der Waals surface area contributed by atoms with Gasteiger partial charge < -0.3 is 9.47 Å². The maximum atomic E-state index is 2.47. The molecule has 1 aromatic heterocycles. The average molecular weight is 525 g/mol. The molecule has 0 unspecified atom stereocenters. The van der Waals surface area contributed by atoms with Crippen LogP contribution in [0.2, 0.25) is 0 Å². The highest BCUT2D eigenvalue weighted by Gasteiger charge is 2.20. The summed E-state index contributed by atoms with van der Waals surface area (Å²) in [6.45, 7) is 0. The summed E-state index contributed by atoms with van der Waals surface area (Å²) in [5, 5.41) is 7.69. The molecule has 1 heterocycles. The van der Waals surface area contributed by atoms with E-state index in [4.69, 9.17) is 0 Å². The van der Waals surface area contributed by atoms with Gasteiger partial charge in [0, 0.05) is 40.3 Å². The standard InChI is InChI=1S/C39H28N2/c1-40(29-14-6-3-7-15-29)31-24-25-36-37(26-31)41(30-22-20-28(21-23-30)27-12-4-2-5-13-27)39-35-19-11-9-17-33(35)32-16-8-10-18-34(32)38(36)39/h2-26H,1H3. The Kier molecular flexibility index (Phi) is 5.39. The molecule has 0 aliphatic heterocycles. The van der Waals surface area contributed by atoms with Crippen LogP contribution >= 0.6 is 0 Å². The van der Waals surface area contributed by atoms with Crippen molar-refractivity contribution in [2.24, 2.45) is 0 Å². The van der Waals surface area contributed by atoms with Crippen LogP contribution in [0.1, 0.15) is 0 Å². The van der Waals surface area contributed by atoms with Gasteiger partial charge in [0.05, 0.1) is 11.0 Å². The number of rotatable bonds is 4. The number of anilines is 2. The molecule has 2 nitrogen and oxygen atoms in total. The third-order valence-corrected chi connectivity index (χ3v) is 8.38. The average Bonchev–Trinajstić information content (AvgIpc) is 3.40. The van der Waals surface area contributed by atoms with E-state index in [1.807, 2.05) is 0 Å². The van der Waals surface area contributed by atoms with Crippen molar-refractivity contribution in [3.05, 3.63) is 152 Å². The normalized spacial score (nSPS) is 11.5. The van der Waals surface area contributed by atoms with Gasteiger partial charge in [0.25, 0.3) is 0 Å². The Balaban J connectivity index is 1.47. The molecule has 41 heavy (non-hydrogen) atoms. The van der Waals surface area contributed by atoms with Gasteiger partial charge >= 0.3 is 0 Å². The second-order valence-electron chi connectivity index (χ2n) is 10.7. The van der Waals surface area contributed by atoms with Gasteiger partial charge in [-0.05, 0) is 63.7 Å². The molecule has 0 radical (unpaired) electrons. The second-order valence-corrected chi connectivity index (χ2v) is 10.7. The minimum absolute atomic E-state index is 1.15. The summed E-state index contributed by atoms with van der Waals surface area (Å²) in [4.78, 5) is 2.26. The number of hydrogen-bond donors (Lipinski definition) is 0. The third-order valence-electron chi connectivity index (χ3n) is 8.38. The third kappa shape index (κ3) is 3.72. The van der Waals surface area contributed by atoms with E-state index in [1.165, 1.54) is 54.5 Å². The lowest BCUT2D eigenvalue weighted by atomic mass is 9.96. The summed E-state index contributed by atoms with van der Waals surface area (Å²) < 4.78 is 2.47. The number of nitrogens with zero attached hydrogens (tertiary/aromatic N) is 2. The van der Waals surface area contributed by atoms with E-state index in [9.17, 15) is 0 Å². The molecule has 0 saturated carbocycles. The van der Waals surface area contributed by atoms with Gasteiger partial charge in [-0.25, -0.2) is 0 Å². The Hall–Kier alpha value is -5.34. The van der Waals surface area contributed by atoms with E-state index in [-0.39, 0.29) is 0 Å². The molecule has 2 heteroatoms. The number of hydrogen-bond acceptors (Lipinski definition) is 1. The van der Waals surface area contributed by atoms with Crippen LogP contribution in [-0.2, 0) is 0 Å². The van der Waals surface area contributed by atoms with E-state index >= 15 is 0 Å². The van der Waals surface area contributed by atoms with E-state index in [1.54, 1.807) is 0 Å². The van der Waals surface area contributed by atoms with Crippen LogP contribution in [0, 0.1) is 0 Å². The minimum Gasteiger partial charge on any atom is -0.345 e. The fourth-order valence-corrected chi connectivity index (χ4v) is 6.38. The largest absolute Gasteiger partial charge is 0.345 e. The van der Waals surface area contributed by atoms with Crippen molar-refractivity contribution in [2.45, 2.75) is 0 Å². The molecule has 0 bridgehead atoms. The first-order chi connectivity index (χ1) is 20.3. The first-order valence-electron chi connectivity index (χ1n) is 14.1. The van der Waals surface area contributed by atoms with Gasteiger partial charge in [0.15, 0.2) is 0 Å². The molecule has 0 atom stereocenters. The molecule has 0 N–H and O–H groups in total. The van der Waals surface area contributed by atoms with Gasteiger partial charge in [0.2, 0.25) is 0 Å². The zero-order valence-corrected chi connectivity index (χ0v) is 22.8. The Morgan fingerprint density at radius 3 is 1.71 bits per heavy atom. The highest BCUT2D eigenvalue weighted by Crippen LogP contribution is 2.43. The van der Waals surface area contributed by atoms with E-state index < -0.39 is 0 Å². The molecule has 0 spiro atoms. The number of benzene rings is 7. The maximum Gasteiger partial charge on any atom is 0.0625 e. The van der Waals surface area contributed by atoms with Crippen LogP contribution < -0.4 is 4.90 Å². The molecular formula is C39H28N2. The molecular weight excluding hydrogens is 496 g/mol. The molecule has 8 rings (SSSR count). The first kappa shape index (κ1) is 23.5. The smallest absolute Gasteiger partial charge is 0.0625 e. The van der Waals surface area contributed by atoms with Gasteiger partial charge in [0.1, 0.15) is 0 Å². The van der Waals surface area contributed by atoms with Crippen molar-refractivity contribution < 1.29 is 0 Å². The minimum atomic E-state index is 1.15. The lowest BCUT2D eigenvalue weighted by Crippen LogP contribution is -2.09. The number of aromatic nitrogens is 1. The summed E-state index contributed by atoms with van der Waals surface area (Å²) in [6.07, 6.45) is 0. The Morgan fingerprint density at radius 1 is 0.439 bits per heavy atom. The molecule has 0 fully saturated rings. The molecule has 0 amide bonds. The summed E-state index contributed by atoms with van der Waals surface area (Å²) in [6, 6.07) is 54.7. The van der Waals surface area contributed by atoms with Gasteiger partial charge in [-0.2, -0.15) is 0 Å². The summed E-state index contributed by atoms with van der Waals surface area (Å²) in [5.74, 6) is 0.